The third-order valence-corrected chi connectivity index (χ3v) is 5.51. The molecule has 1 aromatic carbocycles. The summed E-state index contributed by atoms with van der Waals surface area (Å²) in [7, 11) is 2.23. The van der Waals surface area contributed by atoms with E-state index in [1.807, 2.05) is 0 Å². The van der Waals surface area contributed by atoms with Gasteiger partial charge in [0.25, 0.3) is 0 Å². The molecule has 2 unspecified atom stereocenters. The number of benzene rings is 1. The van der Waals surface area contributed by atoms with Crippen LogP contribution >= 0.6 is 0 Å². The molecule has 3 nitrogen and oxygen atoms in total. The highest BCUT2D eigenvalue weighted by Gasteiger charge is 2.30. The summed E-state index contributed by atoms with van der Waals surface area (Å²) < 4.78 is 0. The Morgan fingerprint density at radius 2 is 2.09 bits per heavy atom. The molecule has 1 aliphatic heterocycles. The molecule has 22 heavy (non-hydrogen) atoms. The Bertz CT molecular complexity index is 548. The fourth-order valence-corrected chi connectivity index (χ4v) is 3.89. The molecule has 0 spiro atoms. The maximum absolute atomic E-state index is 6.13. The summed E-state index contributed by atoms with van der Waals surface area (Å²) >= 11 is 0. The third kappa shape index (κ3) is 2.85. The second-order valence-electron chi connectivity index (χ2n) is 6.88. The molecule has 1 heterocycles. The Kier molecular flexibility index (Phi) is 4.67. The first-order valence-corrected chi connectivity index (χ1v) is 8.57. The minimum Gasteiger partial charge on any atom is -0.324 e. The molecule has 0 amide bonds. The van der Waals surface area contributed by atoms with Gasteiger partial charge in [0.1, 0.15) is 0 Å². The van der Waals surface area contributed by atoms with Crippen LogP contribution in [0.5, 0.6) is 0 Å². The summed E-state index contributed by atoms with van der Waals surface area (Å²) in [5.74, 6) is 0.684. The second-order valence-corrected chi connectivity index (χ2v) is 6.88. The lowest BCUT2D eigenvalue weighted by Gasteiger charge is -2.33. The highest BCUT2D eigenvalue weighted by atomic mass is 15.1. The fourth-order valence-electron chi connectivity index (χ4n) is 3.89. The van der Waals surface area contributed by atoms with Gasteiger partial charge in [0.2, 0.25) is 0 Å². The molecule has 1 saturated heterocycles. The quantitative estimate of drug-likeness (QED) is 0.821. The van der Waals surface area contributed by atoms with Crippen molar-refractivity contribution in [1.29, 1.82) is 0 Å². The van der Waals surface area contributed by atoms with Gasteiger partial charge in [0.15, 0.2) is 0 Å². The van der Waals surface area contributed by atoms with E-state index in [-0.39, 0.29) is 6.04 Å². The summed E-state index contributed by atoms with van der Waals surface area (Å²) in [6.45, 7) is 9.72. The Hall–Kier alpha value is -1.16. The average molecular weight is 299 g/mol. The standard InChI is InChI=1S/C19H29N3/c1-4-14-6-5-7-16(15-10-21-11-15)17(14)12-22(3)19-9-8-18(20)13(19)2/h5-7,15,18-19,21H,2,4,8-12,20H2,1,3H3. The van der Waals surface area contributed by atoms with Crippen molar-refractivity contribution in [2.45, 2.75) is 50.7 Å². The van der Waals surface area contributed by atoms with Gasteiger partial charge in [0.05, 0.1) is 0 Å². The molecular weight excluding hydrogens is 270 g/mol. The molecule has 1 aromatic rings. The van der Waals surface area contributed by atoms with Crippen LogP contribution in [0.4, 0.5) is 0 Å². The van der Waals surface area contributed by atoms with Crippen molar-refractivity contribution in [3.8, 4) is 0 Å². The summed E-state index contributed by atoms with van der Waals surface area (Å²) in [5.41, 5.74) is 11.9. The molecule has 120 valence electrons. The van der Waals surface area contributed by atoms with Crippen LogP contribution in [-0.2, 0) is 13.0 Å². The van der Waals surface area contributed by atoms with Gasteiger partial charge >= 0.3 is 0 Å². The van der Waals surface area contributed by atoms with Crippen molar-refractivity contribution in [1.82, 2.24) is 10.2 Å². The van der Waals surface area contributed by atoms with E-state index in [1.165, 1.54) is 22.3 Å². The number of nitrogens with one attached hydrogen (secondary N) is 1. The van der Waals surface area contributed by atoms with Gasteiger partial charge in [-0.05, 0) is 48.6 Å². The molecule has 2 aliphatic rings. The number of rotatable bonds is 5. The Balaban J connectivity index is 1.82. The van der Waals surface area contributed by atoms with Crippen molar-refractivity contribution in [3.05, 3.63) is 47.0 Å². The predicted octanol–water partition coefficient (Wildman–Crippen LogP) is 2.41. The topological polar surface area (TPSA) is 41.3 Å². The molecule has 3 heteroatoms. The number of hydrogen-bond donors (Lipinski definition) is 2. The maximum atomic E-state index is 6.13. The number of nitrogens with zero attached hydrogens (tertiary/aromatic N) is 1. The SMILES string of the molecule is C=C1C(N)CCC1N(C)Cc1c(CC)cccc1C1CNC1. The first-order valence-electron chi connectivity index (χ1n) is 8.57. The van der Waals surface area contributed by atoms with E-state index in [0.29, 0.717) is 12.0 Å². The van der Waals surface area contributed by atoms with Crippen molar-refractivity contribution in [2.24, 2.45) is 5.73 Å². The van der Waals surface area contributed by atoms with Gasteiger partial charge < -0.3 is 11.1 Å². The van der Waals surface area contributed by atoms with Crippen molar-refractivity contribution in [3.63, 3.8) is 0 Å². The van der Waals surface area contributed by atoms with Crippen LogP contribution < -0.4 is 11.1 Å². The van der Waals surface area contributed by atoms with E-state index in [9.17, 15) is 0 Å². The molecule has 2 fully saturated rings. The van der Waals surface area contributed by atoms with Gasteiger partial charge in [-0.1, -0.05) is 31.7 Å². The van der Waals surface area contributed by atoms with Crippen LogP contribution in [0.2, 0.25) is 0 Å². The zero-order valence-electron chi connectivity index (χ0n) is 13.9. The zero-order chi connectivity index (χ0) is 15.7. The van der Waals surface area contributed by atoms with Gasteiger partial charge in [-0.25, -0.2) is 0 Å². The first kappa shape index (κ1) is 15.7. The van der Waals surface area contributed by atoms with Gasteiger partial charge in [0, 0.05) is 37.6 Å². The van der Waals surface area contributed by atoms with Gasteiger partial charge in [-0.15, -0.1) is 0 Å². The van der Waals surface area contributed by atoms with Gasteiger partial charge in [-0.2, -0.15) is 0 Å². The van der Waals surface area contributed by atoms with E-state index in [2.05, 4.69) is 49.0 Å². The predicted molar refractivity (Wildman–Crippen MR) is 93.0 cm³/mol. The van der Waals surface area contributed by atoms with Crippen molar-refractivity contribution in [2.75, 3.05) is 20.1 Å². The molecule has 0 bridgehead atoms. The van der Waals surface area contributed by atoms with Crippen LogP contribution in [0, 0.1) is 0 Å². The van der Waals surface area contributed by atoms with E-state index < -0.39 is 0 Å². The molecular formula is C19H29N3. The van der Waals surface area contributed by atoms with Crippen molar-refractivity contribution >= 4 is 0 Å². The van der Waals surface area contributed by atoms with Crippen LogP contribution in [0.25, 0.3) is 0 Å². The normalized spacial score (nSPS) is 25.7. The summed E-state index contributed by atoms with van der Waals surface area (Å²) in [5, 5.41) is 3.40. The van der Waals surface area contributed by atoms with Gasteiger partial charge in [-0.3, -0.25) is 4.90 Å². The largest absolute Gasteiger partial charge is 0.324 e. The lowest BCUT2D eigenvalue weighted by atomic mass is 9.86. The smallest absolute Gasteiger partial charge is 0.0321 e. The van der Waals surface area contributed by atoms with E-state index >= 15 is 0 Å². The molecule has 3 N–H and O–H groups in total. The van der Waals surface area contributed by atoms with Crippen LogP contribution in [0.3, 0.4) is 0 Å². The third-order valence-electron chi connectivity index (χ3n) is 5.51. The highest BCUT2D eigenvalue weighted by Crippen LogP contribution is 2.31. The molecule has 1 saturated carbocycles. The van der Waals surface area contributed by atoms with Crippen molar-refractivity contribution < 1.29 is 0 Å². The molecule has 3 rings (SSSR count). The van der Waals surface area contributed by atoms with E-state index in [0.717, 1.165) is 38.9 Å². The van der Waals surface area contributed by atoms with E-state index in [4.69, 9.17) is 5.73 Å². The number of aryl methyl sites for hydroxylation is 1. The number of nitrogens with two attached hydrogens (primary N) is 1. The molecule has 1 aliphatic carbocycles. The molecule has 0 radical (unpaired) electrons. The zero-order valence-corrected chi connectivity index (χ0v) is 13.9. The number of likely N-dealkylation sites (N-methyl/N-ethyl adjacent to an activating group) is 1. The average Bonchev–Trinajstić information content (AvgIpc) is 2.79. The Labute approximate surface area is 134 Å². The number of hydrogen-bond acceptors (Lipinski definition) is 3. The second kappa shape index (κ2) is 6.53. The van der Waals surface area contributed by atoms with Crippen LogP contribution in [0.15, 0.2) is 30.4 Å². The highest BCUT2D eigenvalue weighted by molar-refractivity contribution is 5.39. The van der Waals surface area contributed by atoms with Crippen LogP contribution in [0.1, 0.15) is 42.4 Å². The minimum absolute atomic E-state index is 0.184. The maximum Gasteiger partial charge on any atom is 0.0321 e. The molecule has 2 atom stereocenters. The molecule has 0 aromatic heterocycles. The lowest BCUT2D eigenvalue weighted by Crippen LogP contribution is -2.41. The Morgan fingerprint density at radius 3 is 2.64 bits per heavy atom. The first-order chi connectivity index (χ1) is 10.6. The summed E-state index contributed by atoms with van der Waals surface area (Å²) in [6.07, 6.45) is 3.32. The lowest BCUT2D eigenvalue weighted by molar-refractivity contribution is 0.264. The summed E-state index contributed by atoms with van der Waals surface area (Å²) in [6, 6.07) is 7.45. The Morgan fingerprint density at radius 1 is 1.32 bits per heavy atom. The van der Waals surface area contributed by atoms with E-state index in [1.54, 1.807) is 0 Å². The monoisotopic (exact) mass is 299 g/mol. The van der Waals surface area contributed by atoms with Crippen LogP contribution in [-0.4, -0.2) is 37.1 Å². The summed E-state index contributed by atoms with van der Waals surface area (Å²) in [4.78, 5) is 2.46. The minimum atomic E-state index is 0.184. The fraction of sp³-hybridized carbons (Fsp3) is 0.579.